The summed E-state index contributed by atoms with van der Waals surface area (Å²) >= 11 is 12.6. The highest BCUT2D eigenvalue weighted by Crippen LogP contribution is 2.28. The van der Waals surface area contributed by atoms with E-state index < -0.39 is 6.04 Å². The Balaban J connectivity index is 2.24. The summed E-state index contributed by atoms with van der Waals surface area (Å²) in [6, 6.07) is 12.1. The first kappa shape index (κ1) is 25.0. The van der Waals surface area contributed by atoms with E-state index in [4.69, 9.17) is 27.9 Å². The molecule has 0 saturated heterocycles. The zero-order chi connectivity index (χ0) is 23.0. The highest BCUT2D eigenvalue weighted by molar-refractivity contribution is 6.36. The summed E-state index contributed by atoms with van der Waals surface area (Å²) in [5, 5.41) is 3.73. The van der Waals surface area contributed by atoms with Gasteiger partial charge in [0.25, 0.3) is 5.91 Å². The van der Waals surface area contributed by atoms with Crippen LogP contribution in [-0.2, 0) is 16.1 Å². The second-order valence-electron chi connectivity index (χ2n) is 7.67. The van der Waals surface area contributed by atoms with E-state index in [1.54, 1.807) is 25.1 Å². The van der Waals surface area contributed by atoms with Crippen LogP contribution in [0.5, 0.6) is 5.75 Å². The Labute approximate surface area is 194 Å². The average molecular weight is 465 g/mol. The van der Waals surface area contributed by atoms with Crippen molar-refractivity contribution in [1.82, 2.24) is 10.2 Å². The van der Waals surface area contributed by atoms with Gasteiger partial charge in [-0.1, -0.05) is 68.2 Å². The molecule has 0 spiro atoms. The standard InChI is InChI=1S/C24H30Cl2N2O3/c1-5-13-27-24(30)17(4)28(14-19-20(25)10-8-11-21(19)26)23(29)15-31-22-12-7-6-9-18(22)16(2)3/h6-12,16-17H,5,13-15H2,1-4H3,(H,27,30)/t17-/m0/s1. The molecular formula is C24H30Cl2N2O3. The van der Waals surface area contributed by atoms with Crippen molar-refractivity contribution in [2.24, 2.45) is 0 Å². The number of carbonyl (C=O) groups excluding carboxylic acids is 2. The van der Waals surface area contributed by atoms with Gasteiger partial charge in [-0.25, -0.2) is 0 Å². The van der Waals surface area contributed by atoms with Crippen LogP contribution in [0.25, 0.3) is 0 Å². The van der Waals surface area contributed by atoms with Crippen LogP contribution < -0.4 is 10.1 Å². The molecule has 0 bridgehead atoms. The molecule has 2 amide bonds. The van der Waals surface area contributed by atoms with Crippen molar-refractivity contribution in [3.05, 3.63) is 63.6 Å². The first-order valence-electron chi connectivity index (χ1n) is 10.5. The number of halogens is 2. The van der Waals surface area contributed by atoms with Gasteiger partial charge < -0.3 is 15.0 Å². The van der Waals surface area contributed by atoms with Crippen molar-refractivity contribution in [1.29, 1.82) is 0 Å². The molecule has 2 aromatic rings. The Morgan fingerprint density at radius 2 is 1.68 bits per heavy atom. The van der Waals surface area contributed by atoms with Crippen molar-refractivity contribution in [2.75, 3.05) is 13.2 Å². The van der Waals surface area contributed by atoms with Gasteiger partial charge in [0, 0.05) is 28.7 Å². The Morgan fingerprint density at radius 3 is 2.29 bits per heavy atom. The monoisotopic (exact) mass is 464 g/mol. The summed E-state index contributed by atoms with van der Waals surface area (Å²) in [4.78, 5) is 27.2. The van der Waals surface area contributed by atoms with E-state index in [1.807, 2.05) is 31.2 Å². The molecule has 0 aliphatic carbocycles. The average Bonchev–Trinajstić information content (AvgIpc) is 2.75. The highest BCUT2D eigenvalue weighted by atomic mass is 35.5. The molecule has 0 heterocycles. The minimum absolute atomic E-state index is 0.104. The third kappa shape index (κ3) is 6.88. The van der Waals surface area contributed by atoms with Gasteiger partial charge in [-0.05, 0) is 43.0 Å². The molecule has 0 aliphatic rings. The van der Waals surface area contributed by atoms with Gasteiger partial charge in [0.15, 0.2) is 6.61 Å². The molecular weight excluding hydrogens is 435 g/mol. The molecule has 1 atom stereocenters. The Kier molecular flexibility index (Phi) is 9.66. The number of hydrogen-bond donors (Lipinski definition) is 1. The lowest BCUT2D eigenvalue weighted by Crippen LogP contribution is -2.49. The maximum atomic E-state index is 13.2. The molecule has 2 aromatic carbocycles. The number of nitrogens with one attached hydrogen (secondary N) is 1. The summed E-state index contributed by atoms with van der Waals surface area (Å²) in [6.07, 6.45) is 0.803. The van der Waals surface area contributed by atoms with Crippen LogP contribution in [0.3, 0.4) is 0 Å². The number of benzene rings is 2. The van der Waals surface area contributed by atoms with E-state index in [0.717, 1.165) is 12.0 Å². The number of carbonyl (C=O) groups is 2. The van der Waals surface area contributed by atoms with Gasteiger partial charge in [-0.3, -0.25) is 9.59 Å². The first-order valence-corrected chi connectivity index (χ1v) is 11.2. The summed E-state index contributed by atoms with van der Waals surface area (Å²) in [6.45, 7) is 8.24. The summed E-state index contributed by atoms with van der Waals surface area (Å²) < 4.78 is 5.86. The molecule has 0 saturated carbocycles. The molecule has 31 heavy (non-hydrogen) atoms. The third-order valence-electron chi connectivity index (χ3n) is 5.00. The number of rotatable bonds is 10. The summed E-state index contributed by atoms with van der Waals surface area (Å²) in [5.41, 5.74) is 1.61. The van der Waals surface area contributed by atoms with Crippen LogP contribution in [0, 0.1) is 0 Å². The zero-order valence-electron chi connectivity index (χ0n) is 18.5. The minimum atomic E-state index is -0.713. The third-order valence-corrected chi connectivity index (χ3v) is 5.71. The van der Waals surface area contributed by atoms with Gasteiger partial charge in [-0.2, -0.15) is 0 Å². The van der Waals surface area contributed by atoms with E-state index in [-0.39, 0.29) is 30.9 Å². The lowest BCUT2D eigenvalue weighted by Gasteiger charge is -2.29. The highest BCUT2D eigenvalue weighted by Gasteiger charge is 2.28. The lowest BCUT2D eigenvalue weighted by molar-refractivity contribution is -0.142. The molecule has 168 valence electrons. The molecule has 7 heteroatoms. The van der Waals surface area contributed by atoms with Crippen molar-refractivity contribution in [3.8, 4) is 5.75 Å². The minimum Gasteiger partial charge on any atom is -0.483 e. The fraction of sp³-hybridized carbons (Fsp3) is 0.417. The van der Waals surface area contributed by atoms with Gasteiger partial charge >= 0.3 is 0 Å². The Hall–Kier alpha value is -2.24. The number of nitrogens with zero attached hydrogens (tertiary/aromatic N) is 1. The van der Waals surface area contributed by atoms with Crippen LogP contribution in [0.2, 0.25) is 10.0 Å². The largest absolute Gasteiger partial charge is 0.483 e. The van der Waals surface area contributed by atoms with E-state index >= 15 is 0 Å². The van der Waals surface area contributed by atoms with E-state index in [2.05, 4.69) is 19.2 Å². The predicted molar refractivity (Wildman–Crippen MR) is 126 cm³/mol. The number of hydrogen-bond acceptors (Lipinski definition) is 3. The van der Waals surface area contributed by atoms with Gasteiger partial charge in [-0.15, -0.1) is 0 Å². The second kappa shape index (κ2) is 12.0. The van der Waals surface area contributed by atoms with Crippen molar-refractivity contribution >= 4 is 35.0 Å². The fourth-order valence-electron chi connectivity index (χ4n) is 3.14. The van der Waals surface area contributed by atoms with Gasteiger partial charge in [0.2, 0.25) is 5.91 Å². The van der Waals surface area contributed by atoms with E-state index in [9.17, 15) is 9.59 Å². The van der Waals surface area contributed by atoms with Crippen LogP contribution in [0.4, 0.5) is 0 Å². The molecule has 1 N–H and O–H groups in total. The topological polar surface area (TPSA) is 58.6 Å². The van der Waals surface area contributed by atoms with Crippen molar-refractivity contribution in [3.63, 3.8) is 0 Å². The van der Waals surface area contributed by atoms with Crippen LogP contribution >= 0.6 is 23.2 Å². The fourth-order valence-corrected chi connectivity index (χ4v) is 3.66. The number of para-hydroxylation sites is 1. The maximum Gasteiger partial charge on any atom is 0.261 e. The van der Waals surface area contributed by atoms with Crippen LogP contribution in [0.15, 0.2) is 42.5 Å². The maximum absolute atomic E-state index is 13.2. The molecule has 5 nitrogen and oxygen atoms in total. The predicted octanol–water partition coefficient (Wildman–Crippen LogP) is 5.44. The number of amides is 2. The quantitative estimate of drug-likeness (QED) is 0.509. The van der Waals surface area contributed by atoms with Crippen molar-refractivity contribution < 1.29 is 14.3 Å². The number of ether oxygens (including phenoxy) is 1. The van der Waals surface area contributed by atoms with Crippen LogP contribution in [-0.4, -0.2) is 35.9 Å². The molecule has 0 radical (unpaired) electrons. The summed E-state index contributed by atoms with van der Waals surface area (Å²) in [7, 11) is 0. The molecule has 2 rings (SSSR count). The lowest BCUT2D eigenvalue weighted by atomic mass is 10.0. The summed E-state index contributed by atoms with van der Waals surface area (Å²) in [5.74, 6) is 0.349. The molecule has 0 aromatic heterocycles. The SMILES string of the molecule is CCCNC(=O)[C@H](C)N(Cc1c(Cl)cccc1Cl)C(=O)COc1ccccc1C(C)C. The Morgan fingerprint density at radius 1 is 1.03 bits per heavy atom. The van der Waals surface area contributed by atoms with E-state index in [1.165, 1.54) is 4.90 Å². The van der Waals surface area contributed by atoms with Gasteiger partial charge in [0.05, 0.1) is 0 Å². The molecule has 0 unspecified atom stereocenters. The van der Waals surface area contributed by atoms with E-state index in [0.29, 0.717) is 27.9 Å². The van der Waals surface area contributed by atoms with Gasteiger partial charge in [0.1, 0.15) is 11.8 Å². The van der Waals surface area contributed by atoms with Crippen molar-refractivity contribution in [2.45, 2.75) is 52.6 Å². The smallest absolute Gasteiger partial charge is 0.261 e. The Bertz CT molecular complexity index is 882. The second-order valence-corrected chi connectivity index (χ2v) is 8.48. The normalized spacial score (nSPS) is 11.8. The first-order chi connectivity index (χ1) is 14.8. The zero-order valence-corrected chi connectivity index (χ0v) is 20.0. The van der Waals surface area contributed by atoms with Crippen LogP contribution in [0.1, 0.15) is 51.2 Å². The molecule has 0 aliphatic heterocycles. The molecule has 0 fully saturated rings.